The molecule has 5 rings (SSSR count). The van der Waals surface area contributed by atoms with Crippen LogP contribution in [0.1, 0.15) is 52.7 Å². The second kappa shape index (κ2) is 7.42. The Hall–Kier alpha value is -2.46. The van der Waals surface area contributed by atoms with Crippen molar-refractivity contribution < 1.29 is 9.18 Å². The summed E-state index contributed by atoms with van der Waals surface area (Å²) in [5.74, 6) is -0.0317. The van der Waals surface area contributed by atoms with Crippen molar-refractivity contribution in [1.29, 1.82) is 0 Å². The molecule has 148 valence electrons. The lowest BCUT2D eigenvalue weighted by atomic mass is 9.92. The fourth-order valence-electron chi connectivity index (χ4n) is 4.83. The van der Waals surface area contributed by atoms with Gasteiger partial charge in [0, 0.05) is 18.3 Å². The van der Waals surface area contributed by atoms with Gasteiger partial charge in [0.15, 0.2) is 0 Å². The minimum Gasteiger partial charge on any atom is -0.328 e. The van der Waals surface area contributed by atoms with Crippen molar-refractivity contribution in [3.05, 3.63) is 76.1 Å². The summed E-state index contributed by atoms with van der Waals surface area (Å²) in [6, 6.07) is 13.6. The van der Waals surface area contributed by atoms with Gasteiger partial charge >= 0.3 is 0 Å². The summed E-state index contributed by atoms with van der Waals surface area (Å²) in [5.41, 5.74) is 3.87. The second-order valence-corrected chi connectivity index (χ2v) is 8.46. The van der Waals surface area contributed by atoms with Crippen LogP contribution >= 0.6 is 11.6 Å². The number of carbonyl (C=O) groups is 1. The van der Waals surface area contributed by atoms with Crippen LogP contribution in [0.4, 0.5) is 4.39 Å². The van der Waals surface area contributed by atoms with E-state index in [4.69, 9.17) is 11.6 Å². The van der Waals surface area contributed by atoms with Gasteiger partial charge in [-0.1, -0.05) is 54.8 Å². The summed E-state index contributed by atoms with van der Waals surface area (Å²) in [7, 11) is 0. The highest BCUT2D eigenvalue weighted by atomic mass is 35.5. The van der Waals surface area contributed by atoms with Crippen molar-refractivity contribution in [1.82, 2.24) is 9.88 Å². The number of carbonyl (C=O) groups excluding carboxylic acids is 1. The molecule has 1 aliphatic heterocycles. The summed E-state index contributed by atoms with van der Waals surface area (Å²) in [6.07, 6.45) is 4.72. The maximum Gasteiger partial charge on any atom is 0.254 e. The average molecular weight is 409 g/mol. The molecular formula is C24H22ClFN2O. The number of halogens is 2. The fraction of sp³-hybridized carbons (Fsp3) is 0.333. The lowest BCUT2D eigenvalue weighted by molar-refractivity contribution is 0.0484. The van der Waals surface area contributed by atoms with Gasteiger partial charge in [0.05, 0.1) is 6.04 Å². The molecule has 0 bridgehead atoms. The van der Waals surface area contributed by atoms with Crippen molar-refractivity contribution >= 4 is 28.3 Å². The molecule has 0 N–H and O–H groups in total. The Bertz CT molecular complexity index is 1080. The molecule has 2 atom stereocenters. The van der Waals surface area contributed by atoms with E-state index < -0.39 is 6.17 Å². The van der Waals surface area contributed by atoms with Crippen LogP contribution in [0.15, 0.2) is 48.7 Å². The number of hydrogen-bond acceptors (Lipinski definition) is 2. The van der Waals surface area contributed by atoms with E-state index in [1.807, 2.05) is 24.3 Å². The number of pyridine rings is 1. The minimum atomic E-state index is -0.923. The number of alkyl halides is 1. The molecule has 3 aromatic rings. The summed E-state index contributed by atoms with van der Waals surface area (Å²) >= 11 is 5.92. The van der Waals surface area contributed by atoms with E-state index in [1.165, 1.54) is 0 Å². The van der Waals surface area contributed by atoms with Gasteiger partial charge in [-0.3, -0.25) is 4.79 Å². The molecule has 1 saturated carbocycles. The molecule has 2 aromatic carbocycles. The third kappa shape index (κ3) is 3.29. The number of hydrogen-bond donors (Lipinski definition) is 0. The first-order chi connectivity index (χ1) is 14.1. The second-order valence-electron chi connectivity index (χ2n) is 8.07. The quantitative estimate of drug-likeness (QED) is 0.519. The largest absolute Gasteiger partial charge is 0.328 e. The monoisotopic (exact) mass is 408 g/mol. The Morgan fingerprint density at radius 3 is 2.66 bits per heavy atom. The van der Waals surface area contributed by atoms with Gasteiger partial charge in [0.25, 0.3) is 5.91 Å². The lowest BCUT2D eigenvalue weighted by Gasteiger charge is -2.33. The third-order valence-electron chi connectivity index (χ3n) is 6.29. The van der Waals surface area contributed by atoms with E-state index in [2.05, 4.69) is 17.1 Å². The van der Waals surface area contributed by atoms with Crippen LogP contribution in [-0.2, 0) is 13.0 Å². The molecular weight excluding hydrogens is 387 g/mol. The Kier molecular flexibility index (Phi) is 4.75. The maximum absolute atomic E-state index is 14.6. The summed E-state index contributed by atoms with van der Waals surface area (Å²) < 4.78 is 14.6. The molecule has 1 fully saturated rings. The molecule has 2 heterocycles. The Morgan fingerprint density at radius 2 is 1.90 bits per heavy atom. The van der Waals surface area contributed by atoms with Crippen LogP contribution in [0.25, 0.3) is 10.8 Å². The highest BCUT2D eigenvalue weighted by molar-refractivity contribution is 6.29. The van der Waals surface area contributed by atoms with Crippen LogP contribution in [0.2, 0.25) is 5.15 Å². The third-order valence-corrected chi connectivity index (χ3v) is 6.52. The SMILES string of the molecule is O=C1c2cc(Cc3ccc(Cl)nc3)c3ccccc3c2CN1C1CCCCC1F. The van der Waals surface area contributed by atoms with E-state index in [9.17, 15) is 9.18 Å². The van der Waals surface area contributed by atoms with Gasteiger partial charge in [-0.05, 0) is 58.9 Å². The molecule has 2 aliphatic rings. The summed E-state index contributed by atoms with van der Waals surface area (Å²) in [6.45, 7) is 0.503. The van der Waals surface area contributed by atoms with Crippen LogP contribution < -0.4 is 0 Å². The first kappa shape index (κ1) is 18.6. The Balaban J connectivity index is 1.56. The molecule has 29 heavy (non-hydrogen) atoms. The van der Waals surface area contributed by atoms with E-state index in [-0.39, 0.29) is 11.9 Å². The number of amides is 1. The number of fused-ring (bicyclic) bond motifs is 3. The van der Waals surface area contributed by atoms with Crippen molar-refractivity contribution in [2.45, 2.75) is 50.9 Å². The van der Waals surface area contributed by atoms with Gasteiger partial charge in [-0.2, -0.15) is 0 Å². The topological polar surface area (TPSA) is 33.2 Å². The van der Waals surface area contributed by atoms with Gasteiger partial charge in [0.1, 0.15) is 11.3 Å². The number of rotatable bonds is 3. The first-order valence-electron chi connectivity index (χ1n) is 10.2. The zero-order valence-electron chi connectivity index (χ0n) is 16.1. The maximum atomic E-state index is 14.6. The van der Waals surface area contributed by atoms with Crippen LogP contribution in [0.5, 0.6) is 0 Å². The predicted molar refractivity (Wildman–Crippen MR) is 113 cm³/mol. The Morgan fingerprint density at radius 1 is 1.10 bits per heavy atom. The number of nitrogens with zero attached hydrogens (tertiary/aromatic N) is 2. The molecule has 1 aromatic heterocycles. The number of aromatic nitrogens is 1. The van der Waals surface area contributed by atoms with Crippen molar-refractivity contribution in [3.8, 4) is 0 Å². The van der Waals surface area contributed by atoms with Crippen molar-refractivity contribution in [2.75, 3.05) is 0 Å². The molecule has 1 aliphatic carbocycles. The van der Waals surface area contributed by atoms with E-state index in [0.717, 1.165) is 52.3 Å². The normalized spacial score (nSPS) is 21.6. The fourth-order valence-corrected chi connectivity index (χ4v) is 4.94. The van der Waals surface area contributed by atoms with E-state index >= 15 is 0 Å². The van der Waals surface area contributed by atoms with Gasteiger partial charge in [0.2, 0.25) is 0 Å². The van der Waals surface area contributed by atoms with Gasteiger partial charge in [-0.25, -0.2) is 9.37 Å². The van der Waals surface area contributed by atoms with Crippen LogP contribution in [0.3, 0.4) is 0 Å². The standard InChI is InChI=1S/C24H22ClFN2O/c25-23-10-9-15(13-27-23)11-16-12-19-20(18-6-2-1-5-17(16)18)14-28(24(19)29)22-8-4-3-7-21(22)26/h1-2,5-6,9-10,12-13,21-22H,3-4,7-8,11,14H2. The zero-order chi connectivity index (χ0) is 20.0. The van der Waals surface area contributed by atoms with Gasteiger partial charge in [-0.15, -0.1) is 0 Å². The molecule has 3 nitrogen and oxygen atoms in total. The van der Waals surface area contributed by atoms with Crippen molar-refractivity contribution in [3.63, 3.8) is 0 Å². The van der Waals surface area contributed by atoms with Crippen molar-refractivity contribution in [2.24, 2.45) is 0 Å². The molecule has 0 spiro atoms. The minimum absolute atomic E-state index is 0.0317. The smallest absolute Gasteiger partial charge is 0.254 e. The summed E-state index contributed by atoms with van der Waals surface area (Å²) in [4.78, 5) is 19.2. The van der Waals surface area contributed by atoms with Crippen LogP contribution in [-0.4, -0.2) is 28.0 Å². The molecule has 5 heteroatoms. The average Bonchev–Trinajstić information content (AvgIpc) is 3.07. The van der Waals surface area contributed by atoms with E-state index in [0.29, 0.717) is 24.5 Å². The highest BCUT2D eigenvalue weighted by Gasteiger charge is 2.39. The molecule has 2 unspecified atom stereocenters. The number of benzene rings is 2. The van der Waals surface area contributed by atoms with Crippen LogP contribution in [0, 0.1) is 0 Å². The predicted octanol–water partition coefficient (Wildman–Crippen LogP) is 5.72. The zero-order valence-corrected chi connectivity index (χ0v) is 16.8. The van der Waals surface area contributed by atoms with Gasteiger partial charge < -0.3 is 4.90 Å². The highest BCUT2D eigenvalue weighted by Crippen LogP contribution is 2.37. The molecule has 0 radical (unpaired) electrons. The van der Waals surface area contributed by atoms with E-state index in [1.54, 1.807) is 17.2 Å². The summed E-state index contributed by atoms with van der Waals surface area (Å²) in [5, 5.41) is 2.69. The Labute approximate surface area is 174 Å². The molecule has 1 amide bonds. The first-order valence-corrected chi connectivity index (χ1v) is 10.6. The lowest BCUT2D eigenvalue weighted by Crippen LogP contribution is -2.43. The molecule has 0 saturated heterocycles.